The molecular formula is C70H130N2O21. The summed E-state index contributed by atoms with van der Waals surface area (Å²) in [5.41, 5.74) is 0. The van der Waals surface area contributed by atoms with Crippen molar-refractivity contribution in [3.63, 3.8) is 0 Å². The van der Waals surface area contributed by atoms with Crippen molar-refractivity contribution in [1.29, 1.82) is 0 Å². The summed E-state index contributed by atoms with van der Waals surface area (Å²) in [7, 11) is 0. The summed E-state index contributed by atoms with van der Waals surface area (Å²) in [6.45, 7) is 2.13. The summed E-state index contributed by atoms with van der Waals surface area (Å²) in [6.07, 6.45) is 21.4. The molecule has 18 unspecified atom stereocenters. The average molecular weight is 1340 g/mol. The molecule has 0 aromatic heterocycles. The maximum atomic E-state index is 13.4. The maximum Gasteiger partial charge on any atom is 0.364 e. The Morgan fingerprint density at radius 2 is 1.00 bits per heavy atom. The number of hydrogen-bond acceptors (Lipinski definition) is 20. The van der Waals surface area contributed by atoms with Crippen molar-refractivity contribution < 1.29 is 104 Å². The summed E-state index contributed by atoms with van der Waals surface area (Å²) < 4.78 is 34.8. The molecule has 3 aliphatic rings. The van der Waals surface area contributed by atoms with Gasteiger partial charge in [0.05, 0.1) is 50.7 Å². The average Bonchev–Trinajstić information content (AvgIpc) is 0.800. The third-order valence-corrected chi connectivity index (χ3v) is 18.7. The minimum absolute atomic E-state index is 0.205. The van der Waals surface area contributed by atoms with Crippen LogP contribution in [-0.2, 0) is 42.8 Å². The summed E-state index contributed by atoms with van der Waals surface area (Å²) in [4.78, 5) is 38.5. The lowest BCUT2D eigenvalue weighted by Crippen LogP contribution is -2.70. The van der Waals surface area contributed by atoms with E-state index in [0.29, 0.717) is 12.8 Å². The zero-order valence-corrected chi connectivity index (χ0v) is 57.1. The van der Waals surface area contributed by atoms with Gasteiger partial charge in [-0.1, -0.05) is 251 Å². The Morgan fingerprint density at radius 3 is 1.43 bits per heavy atom. The minimum Gasteiger partial charge on any atom is -0.477 e. The molecule has 3 rings (SSSR count). The van der Waals surface area contributed by atoms with Gasteiger partial charge in [0, 0.05) is 19.8 Å². The van der Waals surface area contributed by atoms with Crippen LogP contribution in [0.15, 0.2) is 12.2 Å². The van der Waals surface area contributed by atoms with E-state index in [1.807, 2.05) is 6.08 Å². The molecule has 0 radical (unpaired) electrons. The largest absolute Gasteiger partial charge is 0.477 e. The molecule has 23 heteroatoms. The molecule has 0 aromatic carbocycles. The fourth-order valence-electron chi connectivity index (χ4n) is 12.9. The number of carboxylic acids is 1. The summed E-state index contributed by atoms with van der Waals surface area (Å²) in [5.74, 6) is -6.14. The molecule has 18 atom stereocenters. The molecule has 2 amide bonds. The second-order valence-electron chi connectivity index (χ2n) is 26.8. The summed E-state index contributed by atoms with van der Waals surface area (Å²) in [6, 6.07) is -2.61. The molecule has 93 heavy (non-hydrogen) atoms. The number of unbranched alkanes of at least 4 members (excludes halogenated alkanes) is 36. The Hall–Kier alpha value is -2.53. The van der Waals surface area contributed by atoms with E-state index in [-0.39, 0.29) is 12.3 Å². The van der Waals surface area contributed by atoms with Gasteiger partial charge in [-0.25, -0.2) is 4.79 Å². The van der Waals surface area contributed by atoms with E-state index in [4.69, 9.17) is 28.4 Å². The molecule has 546 valence electrons. The van der Waals surface area contributed by atoms with Gasteiger partial charge in [-0.05, 0) is 19.3 Å². The van der Waals surface area contributed by atoms with E-state index in [1.165, 1.54) is 186 Å². The molecule has 0 aromatic rings. The highest BCUT2D eigenvalue weighted by Crippen LogP contribution is 2.39. The van der Waals surface area contributed by atoms with Gasteiger partial charge in [0.2, 0.25) is 11.8 Å². The number of aliphatic hydroxyl groups is 11. The van der Waals surface area contributed by atoms with Crippen LogP contribution >= 0.6 is 0 Å². The Bertz CT molecular complexity index is 1930. The van der Waals surface area contributed by atoms with Crippen LogP contribution < -0.4 is 10.6 Å². The number of hydrogen-bond donors (Lipinski definition) is 14. The van der Waals surface area contributed by atoms with Gasteiger partial charge in [-0.2, -0.15) is 0 Å². The number of carbonyl (C=O) groups excluding carboxylic acids is 2. The molecule has 3 heterocycles. The highest BCUT2D eigenvalue weighted by atomic mass is 16.8. The van der Waals surface area contributed by atoms with Gasteiger partial charge >= 0.3 is 5.97 Å². The first kappa shape index (κ1) is 84.7. The first-order valence-electron chi connectivity index (χ1n) is 36.6. The van der Waals surface area contributed by atoms with Crippen LogP contribution in [0.3, 0.4) is 0 Å². The van der Waals surface area contributed by atoms with Crippen molar-refractivity contribution >= 4 is 17.8 Å². The van der Waals surface area contributed by atoms with E-state index in [0.717, 1.165) is 51.9 Å². The number of carbonyl (C=O) groups is 3. The lowest BCUT2D eigenvalue weighted by molar-refractivity contribution is -0.386. The highest BCUT2D eigenvalue weighted by molar-refractivity contribution is 5.77. The van der Waals surface area contributed by atoms with Gasteiger partial charge in [0.15, 0.2) is 12.6 Å². The van der Waals surface area contributed by atoms with Gasteiger partial charge in [-0.3, -0.25) is 9.59 Å². The number of allylic oxidation sites excluding steroid dienone is 1. The van der Waals surface area contributed by atoms with Crippen LogP contribution in [0.2, 0.25) is 0 Å². The zero-order chi connectivity index (χ0) is 68.2. The van der Waals surface area contributed by atoms with Crippen molar-refractivity contribution in [2.75, 3.05) is 26.4 Å². The number of carboxylic acid groups (broad SMARTS) is 1. The van der Waals surface area contributed by atoms with Gasteiger partial charge in [-0.15, -0.1) is 0 Å². The monoisotopic (exact) mass is 1330 g/mol. The predicted octanol–water partition coefficient (Wildman–Crippen LogP) is 7.46. The Morgan fingerprint density at radius 1 is 0.559 bits per heavy atom. The van der Waals surface area contributed by atoms with Crippen LogP contribution in [-0.4, -0.2) is 215 Å². The second kappa shape index (κ2) is 50.7. The van der Waals surface area contributed by atoms with Crippen molar-refractivity contribution in [2.24, 2.45) is 0 Å². The molecular weight excluding hydrogens is 1200 g/mol. The summed E-state index contributed by atoms with van der Waals surface area (Å²) >= 11 is 0. The highest BCUT2D eigenvalue weighted by Gasteiger charge is 2.60. The second-order valence-corrected chi connectivity index (χ2v) is 26.8. The first-order chi connectivity index (χ1) is 44.9. The van der Waals surface area contributed by atoms with E-state index < -0.39 is 155 Å². The van der Waals surface area contributed by atoms with Gasteiger partial charge < -0.3 is 100 Å². The third-order valence-electron chi connectivity index (χ3n) is 18.7. The molecule has 0 saturated carbocycles. The quantitative estimate of drug-likeness (QED) is 0.0207. The molecule has 0 spiro atoms. The smallest absolute Gasteiger partial charge is 0.364 e. The van der Waals surface area contributed by atoms with Crippen molar-refractivity contribution in [3.05, 3.63) is 12.2 Å². The lowest BCUT2D eigenvalue weighted by atomic mass is 9.88. The molecule has 14 N–H and O–H groups in total. The molecule has 3 aliphatic heterocycles. The van der Waals surface area contributed by atoms with E-state index in [2.05, 4.69) is 24.5 Å². The SMILES string of the molecule is CCCCCCCCCCC/C=C/C(O)C(COC1OC(CO)C(OC2OC(CO)C(O)C(OC3(C(=O)O)CC(O)C(NC(C)=O)C(C(O)C(O)CO)O3)C2O)C(O)C1O)NC(=O)CCCCCCCCCCCCCCCCCCCCCCCCCCCCCC. The van der Waals surface area contributed by atoms with Gasteiger partial charge in [0.25, 0.3) is 5.79 Å². The van der Waals surface area contributed by atoms with Gasteiger partial charge in [0.1, 0.15) is 67.1 Å². The predicted molar refractivity (Wildman–Crippen MR) is 352 cm³/mol. The lowest BCUT2D eigenvalue weighted by Gasteiger charge is -2.50. The van der Waals surface area contributed by atoms with Crippen LogP contribution in [0.25, 0.3) is 0 Å². The van der Waals surface area contributed by atoms with Crippen LogP contribution in [0.4, 0.5) is 0 Å². The van der Waals surface area contributed by atoms with Crippen LogP contribution in [0, 0.1) is 0 Å². The van der Waals surface area contributed by atoms with Crippen LogP contribution in [0.1, 0.15) is 278 Å². The van der Waals surface area contributed by atoms with Crippen LogP contribution in [0.5, 0.6) is 0 Å². The minimum atomic E-state index is -3.08. The number of aliphatic hydroxyl groups excluding tert-OH is 11. The third kappa shape index (κ3) is 32.8. The fraction of sp³-hybridized carbons (Fsp3) is 0.929. The Kier molecular flexibility index (Phi) is 46.2. The first-order valence-corrected chi connectivity index (χ1v) is 36.6. The maximum absolute atomic E-state index is 13.4. The summed E-state index contributed by atoms with van der Waals surface area (Å²) in [5, 5.41) is 136. The van der Waals surface area contributed by atoms with Crippen molar-refractivity contribution in [3.8, 4) is 0 Å². The zero-order valence-electron chi connectivity index (χ0n) is 57.1. The van der Waals surface area contributed by atoms with Crippen molar-refractivity contribution in [1.82, 2.24) is 10.6 Å². The molecule has 23 nitrogen and oxygen atoms in total. The molecule has 0 aliphatic carbocycles. The number of rotatable bonds is 56. The molecule has 3 fully saturated rings. The Balaban J connectivity index is 1.50. The Labute approximate surface area is 556 Å². The van der Waals surface area contributed by atoms with E-state index in [1.54, 1.807) is 6.08 Å². The topological polar surface area (TPSA) is 373 Å². The number of ether oxygens (including phenoxy) is 6. The van der Waals surface area contributed by atoms with E-state index in [9.17, 15) is 75.7 Å². The van der Waals surface area contributed by atoms with E-state index >= 15 is 0 Å². The fourth-order valence-corrected chi connectivity index (χ4v) is 12.9. The number of amides is 2. The normalized spacial score (nSPS) is 28.1. The number of nitrogens with one attached hydrogen (secondary N) is 2. The number of aliphatic carboxylic acids is 1. The molecule has 0 bridgehead atoms. The van der Waals surface area contributed by atoms with Crippen molar-refractivity contribution in [2.45, 2.75) is 387 Å². The molecule has 3 saturated heterocycles. The standard InChI is InChI=1S/C70H130N2O21/c1-4-6-8-10-12-14-16-17-18-19-20-21-22-23-24-25-26-27-28-29-30-31-32-34-36-38-40-42-44-57(80)72-51(52(77)43-41-39-37-35-33-15-13-11-9-7-5-2)49-88-67-62(84)61(83)64(56(48-75)90-67)91-68-63(85)66(60(82)55(47-74)89-68)93-70(69(86)87)45-53(78)58(71-50(3)76)65(92-70)59(81)54(79)46-73/h41,43,51-56,58-68,73-75,77-79,81-85H,4-40,42,44-49H2,1-3H3,(H,71,76)(H,72,80)(H,86,87)/b43-41+.